The molecule has 0 aromatic heterocycles. The van der Waals surface area contributed by atoms with Crippen LogP contribution in [0.4, 0.5) is 16.2 Å². The van der Waals surface area contributed by atoms with Crippen molar-refractivity contribution in [1.82, 2.24) is 10.2 Å². The highest BCUT2D eigenvalue weighted by Gasteiger charge is 2.15. The quantitative estimate of drug-likeness (QED) is 0.408. The lowest BCUT2D eigenvalue weighted by molar-refractivity contribution is 0.0946. The van der Waals surface area contributed by atoms with Gasteiger partial charge in [0.05, 0.1) is 12.7 Å². The van der Waals surface area contributed by atoms with Crippen molar-refractivity contribution in [2.75, 3.05) is 43.9 Å². The van der Waals surface area contributed by atoms with Gasteiger partial charge in [-0.1, -0.05) is 18.2 Å². The van der Waals surface area contributed by atoms with Crippen molar-refractivity contribution in [3.05, 3.63) is 78.4 Å². The number of benzene rings is 3. The van der Waals surface area contributed by atoms with E-state index in [9.17, 15) is 9.59 Å². The number of para-hydroxylation sites is 1. The van der Waals surface area contributed by atoms with Gasteiger partial charge in [0.2, 0.25) is 0 Å². The normalized spacial score (nSPS) is 13.2. The smallest absolute Gasteiger partial charge is 0.323 e. The van der Waals surface area contributed by atoms with Crippen molar-refractivity contribution in [2.45, 2.75) is 12.8 Å². The fourth-order valence-electron chi connectivity index (χ4n) is 3.91. The Balaban J connectivity index is 1.29. The fraction of sp³-hybridized carbons (Fsp3) is 0.259. The topological polar surface area (TPSA) is 91.9 Å². The number of hydrogen-bond acceptors (Lipinski definition) is 5. The fourth-order valence-corrected chi connectivity index (χ4v) is 3.91. The molecule has 3 aromatic rings. The van der Waals surface area contributed by atoms with Crippen LogP contribution >= 0.6 is 0 Å². The molecule has 3 amide bonds. The van der Waals surface area contributed by atoms with E-state index in [2.05, 4.69) is 20.9 Å². The number of urea groups is 1. The highest BCUT2D eigenvalue weighted by atomic mass is 16.5. The van der Waals surface area contributed by atoms with Gasteiger partial charge in [-0.05, 0) is 74.5 Å². The molecule has 0 saturated carbocycles. The van der Waals surface area contributed by atoms with Gasteiger partial charge in [-0.3, -0.25) is 4.79 Å². The summed E-state index contributed by atoms with van der Waals surface area (Å²) in [5, 5.41) is 8.49. The summed E-state index contributed by atoms with van der Waals surface area (Å²) in [6.07, 6.45) is 2.44. The van der Waals surface area contributed by atoms with Gasteiger partial charge < -0.3 is 30.3 Å². The predicted octanol–water partition coefficient (Wildman–Crippen LogP) is 4.96. The second-order valence-corrected chi connectivity index (χ2v) is 8.24. The van der Waals surface area contributed by atoms with Gasteiger partial charge in [-0.15, -0.1) is 0 Å². The average Bonchev–Trinajstić information content (AvgIpc) is 3.39. The lowest BCUT2D eigenvalue weighted by Crippen LogP contribution is -2.33. The Hall–Kier alpha value is -4.04. The number of hydrogen-bond donors (Lipinski definition) is 3. The van der Waals surface area contributed by atoms with Crippen LogP contribution in [0, 0.1) is 0 Å². The minimum absolute atomic E-state index is 0.199. The maximum atomic E-state index is 12.6. The third-order valence-electron chi connectivity index (χ3n) is 5.71. The molecule has 1 aliphatic heterocycles. The summed E-state index contributed by atoms with van der Waals surface area (Å²) >= 11 is 0. The lowest BCUT2D eigenvalue weighted by atomic mass is 10.1. The first-order valence-corrected chi connectivity index (χ1v) is 11.7. The molecule has 1 aliphatic rings. The van der Waals surface area contributed by atoms with E-state index in [0.717, 1.165) is 25.4 Å². The molecule has 1 heterocycles. The van der Waals surface area contributed by atoms with Crippen molar-refractivity contribution >= 4 is 23.3 Å². The molecule has 182 valence electrons. The summed E-state index contributed by atoms with van der Waals surface area (Å²) in [4.78, 5) is 27.4. The maximum absolute atomic E-state index is 12.6. The second kappa shape index (κ2) is 11.9. The van der Waals surface area contributed by atoms with Gasteiger partial charge >= 0.3 is 6.03 Å². The van der Waals surface area contributed by atoms with Crippen LogP contribution in [-0.2, 0) is 0 Å². The summed E-state index contributed by atoms with van der Waals surface area (Å²) in [6, 6.07) is 21.1. The predicted molar refractivity (Wildman–Crippen MR) is 137 cm³/mol. The number of nitrogens with zero attached hydrogens (tertiary/aromatic N) is 1. The molecule has 0 aliphatic carbocycles. The minimum atomic E-state index is -0.411. The van der Waals surface area contributed by atoms with Crippen LogP contribution in [0.5, 0.6) is 17.2 Å². The number of nitrogens with one attached hydrogen (secondary N) is 3. The number of anilines is 2. The first kappa shape index (κ1) is 24.1. The van der Waals surface area contributed by atoms with Gasteiger partial charge in [0.25, 0.3) is 5.91 Å². The minimum Gasteiger partial charge on any atom is -0.496 e. The van der Waals surface area contributed by atoms with E-state index in [1.54, 1.807) is 42.5 Å². The van der Waals surface area contributed by atoms with E-state index >= 15 is 0 Å². The molecule has 0 bridgehead atoms. The van der Waals surface area contributed by atoms with E-state index in [0.29, 0.717) is 35.0 Å². The van der Waals surface area contributed by atoms with Crippen LogP contribution in [0.15, 0.2) is 72.8 Å². The second-order valence-electron chi connectivity index (χ2n) is 8.24. The van der Waals surface area contributed by atoms with Crippen LogP contribution < -0.4 is 25.4 Å². The van der Waals surface area contributed by atoms with Crippen molar-refractivity contribution in [3.8, 4) is 17.2 Å². The monoisotopic (exact) mass is 474 g/mol. The molecule has 0 unspecified atom stereocenters. The Morgan fingerprint density at radius 3 is 2.23 bits per heavy atom. The largest absolute Gasteiger partial charge is 0.496 e. The van der Waals surface area contributed by atoms with E-state index in [1.807, 2.05) is 30.3 Å². The summed E-state index contributed by atoms with van der Waals surface area (Å²) in [6.45, 7) is 3.60. The number of methoxy groups -OCH3 is 1. The SMILES string of the molecule is COc1cc(NC(=O)Nc2ccc(Oc3ccccc3)cc2)ccc1C(=O)NCCN1CCCC1. The Kier molecular flexibility index (Phi) is 8.19. The summed E-state index contributed by atoms with van der Waals surface area (Å²) in [5.74, 6) is 1.60. The van der Waals surface area contributed by atoms with Crippen molar-refractivity contribution in [2.24, 2.45) is 0 Å². The van der Waals surface area contributed by atoms with E-state index in [-0.39, 0.29) is 5.91 Å². The van der Waals surface area contributed by atoms with Crippen LogP contribution in [0.1, 0.15) is 23.2 Å². The number of carbonyl (C=O) groups is 2. The molecular formula is C27H30N4O4. The van der Waals surface area contributed by atoms with Gasteiger partial charge in [-0.2, -0.15) is 0 Å². The zero-order valence-electron chi connectivity index (χ0n) is 19.8. The molecule has 3 aromatic carbocycles. The molecule has 0 spiro atoms. The number of ether oxygens (including phenoxy) is 2. The standard InChI is InChI=1S/C27H30N4O4/c1-34-25-19-21(11-14-24(25)26(32)28-15-18-31-16-5-6-17-31)30-27(33)29-20-9-12-23(13-10-20)35-22-7-3-2-4-8-22/h2-4,7-14,19H,5-6,15-18H2,1H3,(H,28,32)(H2,29,30,33). The summed E-state index contributed by atoms with van der Waals surface area (Å²) in [7, 11) is 1.50. The van der Waals surface area contributed by atoms with Gasteiger partial charge in [0.15, 0.2) is 0 Å². The number of rotatable bonds is 9. The highest BCUT2D eigenvalue weighted by Crippen LogP contribution is 2.25. The molecule has 4 rings (SSSR count). The Bertz CT molecular complexity index is 1130. The molecule has 0 atom stereocenters. The third-order valence-corrected chi connectivity index (χ3v) is 5.71. The van der Waals surface area contributed by atoms with Crippen LogP contribution in [-0.4, -0.2) is 50.1 Å². The van der Waals surface area contributed by atoms with Crippen molar-refractivity contribution in [1.29, 1.82) is 0 Å². The molecule has 1 fully saturated rings. The molecule has 35 heavy (non-hydrogen) atoms. The maximum Gasteiger partial charge on any atom is 0.323 e. The van der Waals surface area contributed by atoms with E-state index in [4.69, 9.17) is 9.47 Å². The molecule has 8 heteroatoms. The Morgan fingerprint density at radius 1 is 0.857 bits per heavy atom. The zero-order valence-corrected chi connectivity index (χ0v) is 19.8. The Morgan fingerprint density at radius 2 is 1.51 bits per heavy atom. The molecule has 0 radical (unpaired) electrons. The van der Waals surface area contributed by atoms with Crippen LogP contribution in [0.3, 0.4) is 0 Å². The molecule has 8 nitrogen and oxygen atoms in total. The van der Waals surface area contributed by atoms with Crippen molar-refractivity contribution < 1.29 is 19.1 Å². The average molecular weight is 475 g/mol. The number of carbonyl (C=O) groups excluding carboxylic acids is 2. The molecule has 3 N–H and O–H groups in total. The molecular weight excluding hydrogens is 444 g/mol. The van der Waals surface area contributed by atoms with Crippen molar-refractivity contribution in [3.63, 3.8) is 0 Å². The van der Waals surface area contributed by atoms with Gasteiger partial charge in [-0.25, -0.2) is 4.79 Å². The highest BCUT2D eigenvalue weighted by molar-refractivity contribution is 6.01. The Labute approximate surface area is 205 Å². The van der Waals surface area contributed by atoms with E-state index in [1.165, 1.54) is 20.0 Å². The summed E-state index contributed by atoms with van der Waals surface area (Å²) in [5.41, 5.74) is 1.55. The molecule has 1 saturated heterocycles. The third kappa shape index (κ3) is 6.97. The lowest BCUT2D eigenvalue weighted by Gasteiger charge is -2.16. The number of likely N-dealkylation sites (tertiary alicyclic amines) is 1. The first-order valence-electron chi connectivity index (χ1n) is 11.7. The first-order chi connectivity index (χ1) is 17.1. The van der Waals surface area contributed by atoms with Gasteiger partial charge in [0.1, 0.15) is 17.2 Å². The summed E-state index contributed by atoms with van der Waals surface area (Å²) < 4.78 is 11.2. The van der Waals surface area contributed by atoms with Crippen LogP contribution in [0.2, 0.25) is 0 Å². The number of amides is 3. The zero-order chi connectivity index (χ0) is 24.5. The van der Waals surface area contributed by atoms with Crippen LogP contribution in [0.25, 0.3) is 0 Å². The van der Waals surface area contributed by atoms with Gasteiger partial charge in [0, 0.05) is 30.5 Å². The van der Waals surface area contributed by atoms with E-state index < -0.39 is 6.03 Å².